The summed E-state index contributed by atoms with van der Waals surface area (Å²) in [4.78, 5) is 21.8. The molecule has 27 heavy (non-hydrogen) atoms. The highest BCUT2D eigenvalue weighted by Crippen LogP contribution is 2.32. The summed E-state index contributed by atoms with van der Waals surface area (Å²) < 4.78 is 0. The molecule has 5 heteroatoms. The fraction of sp³-hybridized carbons (Fsp3) is 0.227. The Labute approximate surface area is 163 Å². The van der Waals surface area contributed by atoms with Gasteiger partial charge in [-0.05, 0) is 19.8 Å². The van der Waals surface area contributed by atoms with Crippen molar-refractivity contribution in [1.82, 2.24) is 15.3 Å². The Balaban J connectivity index is 1.65. The molecular weight excluding hydrogens is 354 g/mol. The summed E-state index contributed by atoms with van der Waals surface area (Å²) in [6, 6.07) is 20.5. The first kappa shape index (κ1) is 17.7. The Morgan fingerprint density at radius 1 is 1.00 bits per heavy atom. The van der Waals surface area contributed by atoms with Crippen molar-refractivity contribution in [2.75, 3.05) is 0 Å². The van der Waals surface area contributed by atoms with Crippen molar-refractivity contribution < 1.29 is 4.79 Å². The van der Waals surface area contributed by atoms with E-state index in [-0.39, 0.29) is 11.2 Å². The molecule has 1 unspecified atom stereocenters. The molecule has 1 aliphatic rings. The van der Waals surface area contributed by atoms with Gasteiger partial charge in [-0.25, -0.2) is 4.98 Å². The average molecular weight is 375 g/mol. The topological polar surface area (TPSA) is 54.9 Å². The average Bonchev–Trinajstić information content (AvgIpc) is 3.53. The van der Waals surface area contributed by atoms with E-state index in [2.05, 4.69) is 5.32 Å². The number of carbonyl (C=O) groups is 1. The third-order valence-electron chi connectivity index (χ3n) is 4.44. The van der Waals surface area contributed by atoms with Crippen molar-refractivity contribution in [3.8, 4) is 22.5 Å². The van der Waals surface area contributed by atoms with Crippen molar-refractivity contribution in [2.24, 2.45) is 0 Å². The lowest BCUT2D eigenvalue weighted by Gasteiger charge is -2.13. The fourth-order valence-corrected chi connectivity index (χ4v) is 3.61. The highest BCUT2D eigenvalue weighted by atomic mass is 32.2. The van der Waals surface area contributed by atoms with Gasteiger partial charge >= 0.3 is 0 Å². The molecule has 2 aromatic carbocycles. The van der Waals surface area contributed by atoms with Crippen LogP contribution in [0.25, 0.3) is 22.5 Å². The lowest BCUT2D eigenvalue weighted by atomic mass is 10.0. The van der Waals surface area contributed by atoms with Crippen LogP contribution in [0.3, 0.4) is 0 Å². The van der Waals surface area contributed by atoms with E-state index in [4.69, 9.17) is 9.97 Å². The summed E-state index contributed by atoms with van der Waals surface area (Å²) in [6.07, 6.45) is 3.94. The lowest BCUT2D eigenvalue weighted by Crippen LogP contribution is -2.32. The van der Waals surface area contributed by atoms with E-state index in [9.17, 15) is 4.79 Å². The summed E-state index contributed by atoms with van der Waals surface area (Å²) >= 11 is 1.45. The molecule has 1 aromatic heterocycles. The van der Waals surface area contributed by atoms with E-state index >= 15 is 0 Å². The third-order valence-corrected chi connectivity index (χ3v) is 5.44. The molecule has 3 aromatic rings. The molecule has 1 amide bonds. The van der Waals surface area contributed by atoms with Crippen molar-refractivity contribution in [2.45, 2.75) is 36.1 Å². The maximum atomic E-state index is 12.3. The van der Waals surface area contributed by atoms with Crippen LogP contribution in [-0.2, 0) is 4.79 Å². The summed E-state index contributed by atoms with van der Waals surface area (Å²) in [5.74, 6) is 0.0673. The Hall–Kier alpha value is -2.66. The molecule has 1 aliphatic carbocycles. The first-order chi connectivity index (χ1) is 13.2. The Bertz CT molecular complexity index is 927. The molecule has 1 saturated carbocycles. The van der Waals surface area contributed by atoms with Gasteiger partial charge in [-0.2, -0.15) is 0 Å². The Kier molecular flexibility index (Phi) is 5.21. The number of aromatic nitrogens is 2. The number of nitrogens with one attached hydrogen (secondary N) is 1. The third kappa shape index (κ3) is 4.37. The maximum Gasteiger partial charge on any atom is 0.233 e. The molecule has 4 nitrogen and oxygen atoms in total. The molecule has 0 spiro atoms. The summed E-state index contributed by atoms with van der Waals surface area (Å²) in [5, 5.41) is 3.60. The van der Waals surface area contributed by atoms with Gasteiger partial charge in [0, 0.05) is 17.2 Å². The predicted molar refractivity (Wildman–Crippen MR) is 109 cm³/mol. The molecule has 0 radical (unpaired) electrons. The molecule has 0 saturated heterocycles. The van der Waals surface area contributed by atoms with Crippen LogP contribution in [0, 0.1) is 0 Å². The summed E-state index contributed by atoms with van der Waals surface area (Å²) in [6.45, 7) is 1.91. The zero-order chi connectivity index (χ0) is 18.6. The number of thioether (sulfide) groups is 1. The van der Waals surface area contributed by atoms with Gasteiger partial charge in [-0.1, -0.05) is 72.4 Å². The number of amides is 1. The SMILES string of the molecule is CC(Sc1cnc(-c2ccccc2)c(-c2ccccc2)n1)C(=O)NC1CC1. The largest absolute Gasteiger partial charge is 0.352 e. The van der Waals surface area contributed by atoms with Gasteiger partial charge in [0.25, 0.3) is 0 Å². The van der Waals surface area contributed by atoms with Gasteiger partial charge in [0.2, 0.25) is 5.91 Å². The van der Waals surface area contributed by atoms with E-state index in [1.165, 1.54) is 11.8 Å². The smallest absolute Gasteiger partial charge is 0.233 e. The van der Waals surface area contributed by atoms with Gasteiger partial charge in [0.15, 0.2) is 0 Å². The minimum atomic E-state index is -0.203. The van der Waals surface area contributed by atoms with E-state index < -0.39 is 0 Å². The zero-order valence-electron chi connectivity index (χ0n) is 15.1. The van der Waals surface area contributed by atoms with Crippen LogP contribution >= 0.6 is 11.8 Å². The highest BCUT2D eigenvalue weighted by molar-refractivity contribution is 8.00. The molecule has 1 N–H and O–H groups in total. The van der Waals surface area contributed by atoms with Crippen LogP contribution in [-0.4, -0.2) is 27.2 Å². The van der Waals surface area contributed by atoms with Gasteiger partial charge in [0.05, 0.1) is 22.8 Å². The second kappa shape index (κ2) is 7.92. The van der Waals surface area contributed by atoms with Gasteiger partial charge in [-0.3, -0.25) is 9.78 Å². The molecule has 1 fully saturated rings. The van der Waals surface area contributed by atoms with E-state index in [1.807, 2.05) is 67.6 Å². The first-order valence-electron chi connectivity index (χ1n) is 9.15. The molecule has 1 atom stereocenters. The molecule has 0 aliphatic heterocycles. The number of carbonyl (C=O) groups excluding carboxylic acids is 1. The van der Waals surface area contributed by atoms with Crippen LogP contribution in [0.1, 0.15) is 19.8 Å². The number of hydrogen-bond acceptors (Lipinski definition) is 4. The van der Waals surface area contributed by atoms with Crippen molar-refractivity contribution in [1.29, 1.82) is 0 Å². The second-order valence-corrected chi connectivity index (χ2v) is 8.04. The normalized spacial score (nSPS) is 14.6. The fourth-order valence-electron chi connectivity index (χ4n) is 2.82. The van der Waals surface area contributed by atoms with E-state index in [1.54, 1.807) is 6.20 Å². The van der Waals surface area contributed by atoms with Gasteiger partial charge < -0.3 is 5.32 Å². The first-order valence-corrected chi connectivity index (χ1v) is 10.0. The Morgan fingerprint density at radius 2 is 1.59 bits per heavy atom. The maximum absolute atomic E-state index is 12.3. The van der Waals surface area contributed by atoms with Crippen molar-refractivity contribution in [3.63, 3.8) is 0 Å². The van der Waals surface area contributed by atoms with Crippen LogP contribution in [0.5, 0.6) is 0 Å². The lowest BCUT2D eigenvalue weighted by molar-refractivity contribution is -0.120. The molecule has 0 bridgehead atoms. The molecule has 1 heterocycles. The standard InChI is InChI=1S/C22H21N3OS/c1-15(22(26)24-18-12-13-18)27-19-14-23-20(16-8-4-2-5-9-16)21(25-19)17-10-6-3-7-11-17/h2-11,14-15,18H,12-13H2,1H3,(H,24,26). The van der Waals surface area contributed by atoms with E-state index in [0.29, 0.717) is 6.04 Å². The summed E-state index contributed by atoms with van der Waals surface area (Å²) in [5.41, 5.74) is 3.73. The number of nitrogens with zero attached hydrogens (tertiary/aromatic N) is 2. The number of benzene rings is 2. The minimum Gasteiger partial charge on any atom is -0.352 e. The number of hydrogen-bond donors (Lipinski definition) is 1. The quantitative estimate of drug-likeness (QED) is 0.641. The predicted octanol–water partition coefficient (Wildman–Crippen LogP) is 4.57. The van der Waals surface area contributed by atoms with Crippen LogP contribution in [0.4, 0.5) is 0 Å². The zero-order valence-corrected chi connectivity index (χ0v) is 15.9. The van der Waals surface area contributed by atoms with Crippen LogP contribution in [0.2, 0.25) is 0 Å². The van der Waals surface area contributed by atoms with Crippen molar-refractivity contribution >= 4 is 17.7 Å². The van der Waals surface area contributed by atoms with Crippen LogP contribution < -0.4 is 5.32 Å². The molecular formula is C22H21N3OS. The van der Waals surface area contributed by atoms with E-state index in [0.717, 1.165) is 40.4 Å². The van der Waals surface area contributed by atoms with Gasteiger partial charge in [-0.15, -0.1) is 0 Å². The second-order valence-electron chi connectivity index (χ2n) is 6.68. The monoisotopic (exact) mass is 375 g/mol. The molecule has 136 valence electrons. The van der Waals surface area contributed by atoms with Gasteiger partial charge in [0.1, 0.15) is 5.03 Å². The number of rotatable bonds is 6. The van der Waals surface area contributed by atoms with Crippen LogP contribution in [0.15, 0.2) is 71.9 Å². The summed E-state index contributed by atoms with van der Waals surface area (Å²) in [7, 11) is 0. The molecule has 4 rings (SSSR count). The van der Waals surface area contributed by atoms with Crippen molar-refractivity contribution in [3.05, 3.63) is 66.9 Å². The highest BCUT2D eigenvalue weighted by Gasteiger charge is 2.26. The Morgan fingerprint density at radius 3 is 2.19 bits per heavy atom. The minimum absolute atomic E-state index is 0.0673.